The van der Waals surface area contributed by atoms with E-state index in [1.54, 1.807) is 0 Å². The van der Waals surface area contributed by atoms with E-state index in [2.05, 4.69) is 37.9 Å². The lowest BCUT2D eigenvalue weighted by atomic mass is 10.0. The summed E-state index contributed by atoms with van der Waals surface area (Å²) in [5.74, 6) is 1.17. The Hall–Kier alpha value is -2.26. The summed E-state index contributed by atoms with van der Waals surface area (Å²) in [5, 5.41) is 14.3. The van der Waals surface area contributed by atoms with Crippen molar-refractivity contribution in [2.45, 2.75) is 44.5 Å². The predicted octanol–water partition coefficient (Wildman–Crippen LogP) is 3.76. The molecule has 9 heteroatoms. The molecule has 4 heterocycles. The molecule has 0 aliphatic rings. The van der Waals surface area contributed by atoms with Crippen LogP contribution in [0, 0.1) is 27.7 Å². The molecular weight excluding hydrogens is 404 g/mol. The van der Waals surface area contributed by atoms with Crippen molar-refractivity contribution in [1.29, 1.82) is 0 Å². The number of aryl methyl sites for hydroxylation is 3. The number of rotatable bonds is 4. The minimum atomic E-state index is -1.19. The first-order chi connectivity index (χ1) is 13.8. The van der Waals surface area contributed by atoms with E-state index in [1.165, 1.54) is 22.9 Å². The van der Waals surface area contributed by atoms with Crippen LogP contribution in [0.15, 0.2) is 16.0 Å². The van der Waals surface area contributed by atoms with Crippen LogP contribution in [0.4, 0.5) is 0 Å². The van der Waals surface area contributed by atoms with Crippen molar-refractivity contribution in [2.24, 2.45) is 7.05 Å². The molecule has 0 saturated carbocycles. The Kier molecular flexibility index (Phi) is 4.98. The van der Waals surface area contributed by atoms with E-state index in [-0.39, 0.29) is 0 Å². The van der Waals surface area contributed by atoms with Crippen molar-refractivity contribution in [1.82, 2.24) is 29.4 Å². The number of pyridine rings is 1. The molecule has 0 aliphatic carbocycles. The van der Waals surface area contributed by atoms with E-state index in [9.17, 15) is 4.21 Å². The summed E-state index contributed by atoms with van der Waals surface area (Å²) < 4.78 is 17.0. The lowest BCUT2D eigenvalue weighted by molar-refractivity contribution is 0.684. The summed E-state index contributed by atoms with van der Waals surface area (Å²) in [6.45, 7) is 10.3. The van der Waals surface area contributed by atoms with Crippen molar-refractivity contribution >= 4 is 39.2 Å². The zero-order chi connectivity index (χ0) is 21.0. The molecule has 1 unspecified atom stereocenters. The lowest BCUT2D eigenvalue weighted by Gasteiger charge is -2.12. The van der Waals surface area contributed by atoms with E-state index in [1.807, 2.05) is 35.4 Å². The summed E-state index contributed by atoms with van der Waals surface area (Å²) in [7, 11) is 0.708. The van der Waals surface area contributed by atoms with Crippen molar-refractivity contribution in [2.75, 3.05) is 12.0 Å². The van der Waals surface area contributed by atoms with Gasteiger partial charge in [0.15, 0.2) is 11.5 Å². The van der Waals surface area contributed by atoms with Gasteiger partial charge >= 0.3 is 0 Å². The fraction of sp³-hybridized carbons (Fsp3) is 0.400. The third-order valence-electron chi connectivity index (χ3n) is 5.69. The lowest BCUT2D eigenvalue weighted by Crippen LogP contribution is -2.03. The van der Waals surface area contributed by atoms with Crippen molar-refractivity contribution in [3.63, 3.8) is 0 Å². The Morgan fingerprint density at radius 1 is 1.10 bits per heavy atom. The number of hydrogen-bond donors (Lipinski definition) is 0. The molecule has 0 aliphatic heterocycles. The maximum absolute atomic E-state index is 13.2. The minimum Gasteiger partial charge on any atom is -0.309 e. The summed E-state index contributed by atoms with van der Waals surface area (Å²) in [5.41, 5.74) is 7.56. The van der Waals surface area contributed by atoms with Gasteiger partial charge < -0.3 is 4.57 Å². The number of thioether (sulfide) groups is 1. The zero-order valence-corrected chi connectivity index (χ0v) is 19.3. The summed E-state index contributed by atoms with van der Waals surface area (Å²) in [4.78, 5) is 5.55. The first-order valence-corrected chi connectivity index (χ1v) is 12.0. The fourth-order valence-corrected chi connectivity index (χ4v) is 5.09. The minimum absolute atomic E-state index is 0.514. The topological polar surface area (TPSA) is 78.0 Å². The molecule has 0 aromatic carbocycles. The Balaban J connectivity index is 2.13. The molecule has 152 valence electrons. The van der Waals surface area contributed by atoms with Crippen LogP contribution in [0.3, 0.4) is 0 Å². The van der Waals surface area contributed by atoms with Gasteiger partial charge in [-0.3, -0.25) is 4.21 Å². The Morgan fingerprint density at radius 2 is 1.83 bits per heavy atom. The highest BCUT2D eigenvalue weighted by Gasteiger charge is 2.26. The van der Waals surface area contributed by atoms with Crippen LogP contribution in [-0.4, -0.2) is 45.6 Å². The van der Waals surface area contributed by atoms with E-state index in [0.717, 1.165) is 32.2 Å². The molecule has 0 saturated heterocycles. The van der Waals surface area contributed by atoms with Crippen molar-refractivity contribution in [3.05, 3.63) is 28.5 Å². The van der Waals surface area contributed by atoms with Crippen LogP contribution in [0.2, 0.25) is 0 Å². The molecule has 0 bridgehead atoms. The third-order valence-corrected chi connectivity index (χ3v) is 7.67. The average Bonchev–Trinajstić information content (AvgIpc) is 3.28. The Bertz CT molecular complexity index is 1300. The monoisotopic (exact) mass is 428 g/mol. The Labute approximate surface area is 176 Å². The van der Waals surface area contributed by atoms with Crippen LogP contribution in [0.1, 0.15) is 29.3 Å². The molecule has 0 N–H and O–H groups in total. The highest BCUT2D eigenvalue weighted by atomic mass is 32.2. The highest BCUT2D eigenvalue weighted by Crippen LogP contribution is 2.34. The summed E-state index contributed by atoms with van der Waals surface area (Å²) in [6.07, 6.45) is 1.96. The van der Waals surface area contributed by atoms with Crippen molar-refractivity contribution in [3.8, 4) is 11.5 Å². The third kappa shape index (κ3) is 2.90. The summed E-state index contributed by atoms with van der Waals surface area (Å²) >= 11 is 1.53. The maximum atomic E-state index is 13.2. The van der Waals surface area contributed by atoms with Gasteiger partial charge in [0.2, 0.25) is 0 Å². The fourth-order valence-electron chi connectivity index (χ4n) is 3.65. The normalized spacial score (nSPS) is 12.9. The van der Waals surface area contributed by atoms with E-state index >= 15 is 0 Å². The van der Waals surface area contributed by atoms with Crippen LogP contribution in [-0.2, 0) is 17.8 Å². The molecule has 4 rings (SSSR count). The quantitative estimate of drug-likeness (QED) is 0.461. The highest BCUT2D eigenvalue weighted by molar-refractivity contribution is 7.98. The first-order valence-electron chi connectivity index (χ1n) is 9.42. The first kappa shape index (κ1) is 20.0. The predicted molar refractivity (Wildman–Crippen MR) is 118 cm³/mol. The molecule has 29 heavy (non-hydrogen) atoms. The molecule has 0 spiro atoms. The molecule has 0 radical (unpaired) electrons. The van der Waals surface area contributed by atoms with Gasteiger partial charge in [-0.15, -0.1) is 22.0 Å². The van der Waals surface area contributed by atoms with Gasteiger partial charge in [-0.2, -0.15) is 5.10 Å². The number of hydrogen-bond acceptors (Lipinski definition) is 6. The van der Waals surface area contributed by atoms with Gasteiger partial charge in [-0.05, 0) is 50.6 Å². The largest absolute Gasteiger partial charge is 0.309 e. The van der Waals surface area contributed by atoms with E-state index in [0.29, 0.717) is 22.9 Å². The molecule has 4 aromatic rings. The smallest absolute Gasteiger partial charge is 0.182 e. The number of nitrogens with zero attached hydrogens (tertiary/aromatic N) is 6. The SMILES string of the molecule is CCS(=O)c1c(-c2nc3cc(SC)nnc3n2C)nn2c(C)c(C)c(C)c(C)c12. The summed E-state index contributed by atoms with van der Waals surface area (Å²) in [6, 6.07) is 1.92. The molecule has 1 atom stereocenters. The number of fused-ring (bicyclic) bond motifs is 2. The average molecular weight is 429 g/mol. The van der Waals surface area contributed by atoms with Crippen LogP contribution in [0.25, 0.3) is 28.2 Å². The second kappa shape index (κ2) is 7.21. The number of imidazole rings is 1. The zero-order valence-electron chi connectivity index (χ0n) is 17.7. The van der Waals surface area contributed by atoms with Crippen LogP contribution < -0.4 is 0 Å². The van der Waals surface area contributed by atoms with Gasteiger partial charge in [-0.1, -0.05) is 6.92 Å². The van der Waals surface area contributed by atoms with Crippen LogP contribution in [0.5, 0.6) is 0 Å². The van der Waals surface area contributed by atoms with Gasteiger partial charge in [0.1, 0.15) is 16.2 Å². The van der Waals surface area contributed by atoms with E-state index in [4.69, 9.17) is 10.1 Å². The second-order valence-electron chi connectivity index (χ2n) is 7.12. The number of aromatic nitrogens is 6. The maximum Gasteiger partial charge on any atom is 0.182 e. The van der Waals surface area contributed by atoms with Gasteiger partial charge in [0.05, 0.1) is 21.2 Å². The Morgan fingerprint density at radius 3 is 2.48 bits per heavy atom. The second-order valence-corrected chi connectivity index (χ2v) is 9.63. The van der Waals surface area contributed by atoms with Gasteiger partial charge in [-0.25, -0.2) is 9.50 Å². The molecule has 0 amide bonds. The van der Waals surface area contributed by atoms with Gasteiger partial charge in [0.25, 0.3) is 0 Å². The van der Waals surface area contributed by atoms with Crippen LogP contribution >= 0.6 is 11.8 Å². The molecule has 7 nitrogen and oxygen atoms in total. The van der Waals surface area contributed by atoms with Crippen molar-refractivity contribution < 1.29 is 4.21 Å². The standard InChI is InChI=1S/C20H24N6OS2/c1-8-29(27)18-16(24-26-13(5)11(3)10(2)12(4)17(18)26)20-21-14-9-15(28-7)22-23-19(14)25(20)6/h9H,8H2,1-7H3. The van der Waals surface area contributed by atoms with Gasteiger partial charge in [0, 0.05) is 24.6 Å². The molecular formula is C20H24N6OS2. The molecule has 4 aromatic heterocycles. The van der Waals surface area contributed by atoms with E-state index < -0.39 is 10.8 Å². The molecule has 0 fully saturated rings.